The van der Waals surface area contributed by atoms with Gasteiger partial charge in [-0.2, -0.15) is 0 Å². The summed E-state index contributed by atoms with van der Waals surface area (Å²) in [4.78, 5) is 30.5. The Balaban J connectivity index is 1.68. The van der Waals surface area contributed by atoms with E-state index >= 15 is 0 Å². The number of benzene rings is 2. The molecule has 1 N–H and O–H groups in total. The normalized spacial score (nSPS) is 20.1. The van der Waals surface area contributed by atoms with Crippen LogP contribution in [0.5, 0.6) is 5.75 Å². The number of nitrogens with zero attached hydrogens (tertiary/aromatic N) is 2. The van der Waals surface area contributed by atoms with Crippen molar-refractivity contribution in [1.82, 2.24) is 9.80 Å². The number of aliphatic hydroxyl groups is 1. The van der Waals surface area contributed by atoms with Gasteiger partial charge in [-0.3, -0.25) is 14.5 Å². The number of carbonyl (C=O) groups is 2. The minimum Gasteiger partial charge on any atom is -0.507 e. The van der Waals surface area contributed by atoms with Crippen LogP contribution in [0.15, 0.2) is 48.0 Å². The van der Waals surface area contributed by atoms with Gasteiger partial charge >= 0.3 is 0 Å². The third kappa shape index (κ3) is 6.05. The molecule has 0 aliphatic carbocycles. The van der Waals surface area contributed by atoms with Crippen LogP contribution in [0.4, 0.5) is 0 Å². The summed E-state index contributed by atoms with van der Waals surface area (Å²) in [5.74, 6) is -0.641. The lowest BCUT2D eigenvalue weighted by atomic mass is 9.94. The Kier molecular flexibility index (Phi) is 8.67. The Morgan fingerprint density at radius 1 is 1.08 bits per heavy atom. The van der Waals surface area contributed by atoms with Crippen LogP contribution in [0.1, 0.15) is 55.5 Å². The fourth-order valence-corrected chi connectivity index (χ4v) is 5.02. The van der Waals surface area contributed by atoms with Gasteiger partial charge in [-0.25, -0.2) is 0 Å². The average molecular weight is 507 g/mol. The number of carbonyl (C=O) groups excluding carboxylic acids is 2. The molecule has 2 fully saturated rings. The Bertz CT molecular complexity index is 1150. The van der Waals surface area contributed by atoms with E-state index in [4.69, 9.17) is 9.47 Å². The smallest absolute Gasteiger partial charge is 0.295 e. The number of hydrogen-bond donors (Lipinski definition) is 1. The van der Waals surface area contributed by atoms with Gasteiger partial charge in [0.2, 0.25) is 0 Å². The predicted molar refractivity (Wildman–Crippen MR) is 144 cm³/mol. The van der Waals surface area contributed by atoms with Crippen molar-refractivity contribution in [2.24, 2.45) is 0 Å². The maximum Gasteiger partial charge on any atom is 0.295 e. The van der Waals surface area contributed by atoms with E-state index in [1.807, 2.05) is 45.0 Å². The standard InChI is InChI=1S/C30H38N2O5/c1-5-22-7-9-23(10-8-22)27-26(28(33)24-11-12-25(21(4)19-24)37-20(2)3)29(34)30(35)32(27)14-6-13-31-15-17-36-18-16-31/h7-12,19-20,27,33H,5-6,13-18H2,1-4H3/b28-26+. The van der Waals surface area contributed by atoms with Gasteiger partial charge < -0.3 is 19.5 Å². The Morgan fingerprint density at radius 3 is 2.41 bits per heavy atom. The molecule has 0 aromatic heterocycles. The van der Waals surface area contributed by atoms with Gasteiger partial charge in [0.05, 0.1) is 30.9 Å². The Morgan fingerprint density at radius 2 is 1.78 bits per heavy atom. The van der Waals surface area contributed by atoms with Gasteiger partial charge in [0.15, 0.2) is 0 Å². The largest absolute Gasteiger partial charge is 0.507 e. The van der Waals surface area contributed by atoms with Crippen molar-refractivity contribution in [2.75, 3.05) is 39.4 Å². The molecule has 4 rings (SSSR count). The van der Waals surface area contributed by atoms with Crippen LogP contribution in [-0.4, -0.2) is 72.1 Å². The van der Waals surface area contributed by atoms with E-state index in [0.717, 1.165) is 49.4 Å². The van der Waals surface area contributed by atoms with Crippen LogP contribution >= 0.6 is 0 Å². The first-order valence-electron chi connectivity index (χ1n) is 13.2. The number of Topliss-reactive ketones (excluding diaryl/α,β-unsaturated/α-hetero) is 1. The molecule has 2 aliphatic heterocycles. The summed E-state index contributed by atoms with van der Waals surface area (Å²) in [6.07, 6.45) is 1.65. The molecule has 37 heavy (non-hydrogen) atoms. The number of aryl methyl sites for hydroxylation is 2. The van der Waals surface area contributed by atoms with Crippen LogP contribution in [0, 0.1) is 6.92 Å². The van der Waals surface area contributed by atoms with Crippen LogP contribution in [0.25, 0.3) is 5.76 Å². The number of likely N-dealkylation sites (tertiary alicyclic amines) is 1. The van der Waals surface area contributed by atoms with Gasteiger partial charge in [0.25, 0.3) is 11.7 Å². The van der Waals surface area contributed by atoms with E-state index in [2.05, 4.69) is 11.8 Å². The number of ether oxygens (including phenoxy) is 2. The summed E-state index contributed by atoms with van der Waals surface area (Å²) < 4.78 is 11.3. The monoisotopic (exact) mass is 506 g/mol. The fourth-order valence-electron chi connectivity index (χ4n) is 5.02. The van der Waals surface area contributed by atoms with Crippen molar-refractivity contribution in [3.05, 3.63) is 70.3 Å². The summed E-state index contributed by atoms with van der Waals surface area (Å²) in [6.45, 7) is 12.3. The quantitative estimate of drug-likeness (QED) is 0.307. The van der Waals surface area contributed by atoms with Gasteiger partial charge in [0, 0.05) is 31.7 Å². The summed E-state index contributed by atoms with van der Waals surface area (Å²) in [7, 11) is 0. The molecule has 0 saturated carbocycles. The van der Waals surface area contributed by atoms with Crippen LogP contribution < -0.4 is 4.74 Å². The lowest BCUT2D eigenvalue weighted by molar-refractivity contribution is -0.140. The first-order chi connectivity index (χ1) is 17.8. The summed E-state index contributed by atoms with van der Waals surface area (Å²) in [6, 6.07) is 12.7. The number of amides is 1. The molecule has 7 heteroatoms. The molecule has 2 saturated heterocycles. The first kappa shape index (κ1) is 26.9. The molecular formula is C30H38N2O5. The number of morpholine rings is 1. The van der Waals surface area contributed by atoms with Gasteiger partial charge in [-0.05, 0) is 68.5 Å². The third-order valence-corrected chi connectivity index (χ3v) is 7.03. The Hall–Kier alpha value is -3.16. The first-order valence-corrected chi connectivity index (χ1v) is 13.2. The van der Waals surface area contributed by atoms with Gasteiger partial charge in [0.1, 0.15) is 11.5 Å². The second-order valence-corrected chi connectivity index (χ2v) is 10.0. The second kappa shape index (κ2) is 11.9. The summed E-state index contributed by atoms with van der Waals surface area (Å²) >= 11 is 0. The molecule has 0 bridgehead atoms. The van der Waals surface area contributed by atoms with E-state index in [1.54, 1.807) is 23.1 Å². The zero-order chi connectivity index (χ0) is 26.5. The number of aliphatic hydroxyl groups excluding tert-OH is 1. The average Bonchev–Trinajstić information content (AvgIpc) is 3.15. The topological polar surface area (TPSA) is 79.3 Å². The van der Waals surface area contributed by atoms with Crippen molar-refractivity contribution in [1.29, 1.82) is 0 Å². The molecule has 7 nitrogen and oxygen atoms in total. The zero-order valence-electron chi connectivity index (χ0n) is 22.3. The highest BCUT2D eigenvalue weighted by Gasteiger charge is 2.45. The molecule has 2 heterocycles. The SMILES string of the molecule is CCc1ccc(C2/C(=C(\O)c3ccc(OC(C)C)c(C)c3)C(=O)C(=O)N2CCCN2CCOCC2)cc1. The molecule has 2 aromatic rings. The van der Waals surface area contributed by atoms with Gasteiger partial charge in [-0.1, -0.05) is 31.2 Å². The molecule has 2 aromatic carbocycles. The summed E-state index contributed by atoms with van der Waals surface area (Å²) in [5.41, 5.74) is 3.47. The van der Waals surface area contributed by atoms with Crippen LogP contribution in [0.2, 0.25) is 0 Å². The highest BCUT2D eigenvalue weighted by atomic mass is 16.5. The Labute approximate surface area is 219 Å². The van der Waals surface area contributed by atoms with E-state index < -0.39 is 17.7 Å². The number of ketones is 1. The molecule has 1 unspecified atom stereocenters. The zero-order valence-corrected chi connectivity index (χ0v) is 22.3. The van der Waals surface area contributed by atoms with Crippen molar-refractivity contribution in [3.63, 3.8) is 0 Å². The lowest BCUT2D eigenvalue weighted by Crippen LogP contribution is -2.38. The highest BCUT2D eigenvalue weighted by molar-refractivity contribution is 6.46. The van der Waals surface area contributed by atoms with Crippen molar-refractivity contribution < 1.29 is 24.2 Å². The maximum atomic E-state index is 13.3. The summed E-state index contributed by atoms with van der Waals surface area (Å²) in [5, 5.41) is 11.4. The maximum absolute atomic E-state index is 13.3. The van der Waals surface area contributed by atoms with Crippen LogP contribution in [0.3, 0.4) is 0 Å². The van der Waals surface area contributed by atoms with E-state index in [1.165, 1.54) is 5.56 Å². The van der Waals surface area contributed by atoms with E-state index in [0.29, 0.717) is 25.3 Å². The number of hydrogen-bond acceptors (Lipinski definition) is 6. The molecule has 1 atom stereocenters. The van der Waals surface area contributed by atoms with Crippen molar-refractivity contribution >= 4 is 17.4 Å². The van der Waals surface area contributed by atoms with Crippen molar-refractivity contribution in [3.8, 4) is 5.75 Å². The fraction of sp³-hybridized carbons (Fsp3) is 0.467. The minimum atomic E-state index is -0.645. The van der Waals surface area contributed by atoms with Crippen molar-refractivity contribution in [2.45, 2.75) is 52.7 Å². The van der Waals surface area contributed by atoms with E-state index in [9.17, 15) is 14.7 Å². The highest BCUT2D eigenvalue weighted by Crippen LogP contribution is 2.40. The molecule has 1 amide bonds. The predicted octanol–water partition coefficient (Wildman–Crippen LogP) is 4.49. The van der Waals surface area contributed by atoms with E-state index in [-0.39, 0.29) is 17.4 Å². The molecule has 0 spiro atoms. The third-order valence-electron chi connectivity index (χ3n) is 7.03. The number of rotatable bonds is 9. The molecule has 0 radical (unpaired) electrons. The minimum absolute atomic E-state index is 0.0204. The van der Waals surface area contributed by atoms with Crippen LogP contribution in [-0.2, 0) is 20.7 Å². The molecule has 198 valence electrons. The molecule has 2 aliphatic rings. The molecular weight excluding hydrogens is 468 g/mol. The second-order valence-electron chi connectivity index (χ2n) is 10.0. The van der Waals surface area contributed by atoms with Gasteiger partial charge in [-0.15, -0.1) is 0 Å². The lowest BCUT2D eigenvalue weighted by Gasteiger charge is -2.29.